The first-order valence-corrected chi connectivity index (χ1v) is 8.37. The van der Waals surface area contributed by atoms with Crippen LogP contribution in [0.5, 0.6) is 0 Å². The SMILES string of the molecule is CN(Cc1ccccc1)Cc1cc(C[C@@H]2C[C@H](N)C2(C)C)no1. The van der Waals surface area contributed by atoms with Crippen molar-refractivity contribution in [3.8, 4) is 0 Å². The molecule has 0 radical (unpaired) electrons. The molecule has 4 heteroatoms. The Kier molecular flexibility index (Phi) is 4.55. The summed E-state index contributed by atoms with van der Waals surface area (Å²) in [5.74, 6) is 1.54. The molecule has 1 heterocycles. The number of nitrogens with two attached hydrogens (primary N) is 1. The summed E-state index contributed by atoms with van der Waals surface area (Å²) in [4.78, 5) is 2.24. The summed E-state index contributed by atoms with van der Waals surface area (Å²) in [7, 11) is 2.10. The van der Waals surface area contributed by atoms with Gasteiger partial charge in [-0.25, -0.2) is 0 Å². The fourth-order valence-corrected chi connectivity index (χ4v) is 3.40. The first-order chi connectivity index (χ1) is 10.9. The van der Waals surface area contributed by atoms with Gasteiger partial charge in [0.05, 0.1) is 12.2 Å². The largest absolute Gasteiger partial charge is 0.360 e. The van der Waals surface area contributed by atoms with E-state index in [0.717, 1.165) is 37.4 Å². The van der Waals surface area contributed by atoms with Gasteiger partial charge in [-0.05, 0) is 36.8 Å². The lowest BCUT2D eigenvalue weighted by Gasteiger charge is -2.50. The summed E-state index contributed by atoms with van der Waals surface area (Å²) in [5.41, 5.74) is 8.67. The summed E-state index contributed by atoms with van der Waals surface area (Å²) in [6, 6.07) is 12.9. The van der Waals surface area contributed by atoms with E-state index in [0.29, 0.717) is 12.0 Å². The Morgan fingerprint density at radius 1 is 1.26 bits per heavy atom. The number of benzene rings is 1. The van der Waals surface area contributed by atoms with Crippen molar-refractivity contribution in [2.75, 3.05) is 7.05 Å². The van der Waals surface area contributed by atoms with Crippen LogP contribution in [0.4, 0.5) is 0 Å². The Labute approximate surface area is 138 Å². The summed E-state index contributed by atoms with van der Waals surface area (Å²) >= 11 is 0. The zero-order valence-electron chi connectivity index (χ0n) is 14.3. The molecule has 23 heavy (non-hydrogen) atoms. The van der Waals surface area contributed by atoms with Gasteiger partial charge >= 0.3 is 0 Å². The van der Waals surface area contributed by atoms with Gasteiger partial charge in [-0.1, -0.05) is 49.3 Å². The molecule has 2 aromatic rings. The number of aromatic nitrogens is 1. The van der Waals surface area contributed by atoms with E-state index in [4.69, 9.17) is 10.3 Å². The Hall–Kier alpha value is -1.65. The molecule has 124 valence electrons. The van der Waals surface area contributed by atoms with Crippen LogP contribution >= 0.6 is 0 Å². The van der Waals surface area contributed by atoms with Crippen LogP contribution < -0.4 is 5.73 Å². The lowest BCUT2D eigenvalue weighted by molar-refractivity contribution is 0.0370. The fourth-order valence-electron chi connectivity index (χ4n) is 3.40. The van der Waals surface area contributed by atoms with Gasteiger partial charge in [0.25, 0.3) is 0 Å². The van der Waals surface area contributed by atoms with Crippen LogP contribution in [0.15, 0.2) is 40.9 Å². The van der Waals surface area contributed by atoms with Crippen molar-refractivity contribution in [1.29, 1.82) is 0 Å². The van der Waals surface area contributed by atoms with Crippen LogP contribution in [0, 0.1) is 11.3 Å². The van der Waals surface area contributed by atoms with E-state index < -0.39 is 0 Å². The minimum absolute atomic E-state index is 0.212. The third-order valence-electron chi connectivity index (χ3n) is 5.33. The van der Waals surface area contributed by atoms with E-state index in [2.05, 4.69) is 61.3 Å². The average Bonchev–Trinajstić information content (AvgIpc) is 2.95. The van der Waals surface area contributed by atoms with Gasteiger partial charge < -0.3 is 10.3 Å². The normalized spacial score (nSPS) is 23.0. The zero-order valence-corrected chi connectivity index (χ0v) is 14.3. The fraction of sp³-hybridized carbons (Fsp3) is 0.526. The van der Waals surface area contributed by atoms with Crippen LogP contribution in [-0.2, 0) is 19.5 Å². The van der Waals surface area contributed by atoms with Crippen LogP contribution in [0.1, 0.15) is 37.3 Å². The second-order valence-corrected chi connectivity index (χ2v) is 7.51. The molecule has 1 aromatic heterocycles. The Morgan fingerprint density at radius 3 is 2.65 bits per heavy atom. The Balaban J connectivity index is 1.53. The second kappa shape index (κ2) is 6.46. The van der Waals surface area contributed by atoms with Crippen LogP contribution in [-0.4, -0.2) is 23.1 Å². The van der Waals surface area contributed by atoms with Crippen molar-refractivity contribution in [2.24, 2.45) is 17.1 Å². The number of hydrogen-bond donors (Lipinski definition) is 1. The van der Waals surface area contributed by atoms with Gasteiger partial charge in [-0.3, -0.25) is 4.90 Å². The lowest BCUT2D eigenvalue weighted by atomic mass is 9.57. The molecule has 1 aliphatic rings. The topological polar surface area (TPSA) is 55.3 Å². The summed E-state index contributed by atoms with van der Waals surface area (Å²) in [6.45, 7) is 6.18. The standard InChI is InChI=1S/C19H27N3O/c1-19(2)15(10-18(19)20)9-16-11-17(23-21-16)13-22(3)12-14-7-5-4-6-8-14/h4-8,11,15,18H,9-10,12-13,20H2,1-3H3/t15-,18+/m1/s1. The van der Waals surface area contributed by atoms with Crippen molar-refractivity contribution in [2.45, 2.75) is 45.8 Å². The molecule has 2 atom stereocenters. The minimum atomic E-state index is 0.212. The summed E-state index contributed by atoms with van der Waals surface area (Å²) in [5, 5.41) is 4.25. The quantitative estimate of drug-likeness (QED) is 0.889. The molecule has 1 aromatic carbocycles. The molecule has 0 saturated heterocycles. The van der Waals surface area contributed by atoms with Crippen molar-refractivity contribution < 1.29 is 4.52 Å². The van der Waals surface area contributed by atoms with Crippen LogP contribution in [0.25, 0.3) is 0 Å². The van der Waals surface area contributed by atoms with Crippen molar-refractivity contribution in [1.82, 2.24) is 10.1 Å². The molecule has 1 saturated carbocycles. The highest BCUT2D eigenvalue weighted by molar-refractivity contribution is 5.15. The van der Waals surface area contributed by atoms with Gasteiger partial charge in [-0.15, -0.1) is 0 Å². The molecular weight excluding hydrogens is 286 g/mol. The smallest absolute Gasteiger partial charge is 0.150 e. The van der Waals surface area contributed by atoms with E-state index in [9.17, 15) is 0 Å². The summed E-state index contributed by atoms with van der Waals surface area (Å²) < 4.78 is 5.51. The molecule has 3 rings (SSSR count). The first kappa shape index (κ1) is 16.2. The first-order valence-electron chi connectivity index (χ1n) is 8.37. The number of hydrogen-bond acceptors (Lipinski definition) is 4. The maximum Gasteiger partial charge on any atom is 0.150 e. The molecule has 0 spiro atoms. The van der Waals surface area contributed by atoms with Crippen LogP contribution in [0.3, 0.4) is 0 Å². The van der Waals surface area contributed by atoms with Crippen molar-refractivity contribution in [3.63, 3.8) is 0 Å². The average molecular weight is 313 g/mol. The van der Waals surface area contributed by atoms with Gasteiger partial charge in [-0.2, -0.15) is 0 Å². The van der Waals surface area contributed by atoms with Gasteiger partial charge in [0.1, 0.15) is 0 Å². The Bertz CT molecular complexity index is 635. The van der Waals surface area contributed by atoms with Crippen molar-refractivity contribution >= 4 is 0 Å². The van der Waals surface area contributed by atoms with Gasteiger partial charge in [0, 0.05) is 18.7 Å². The number of nitrogens with zero attached hydrogens (tertiary/aromatic N) is 2. The summed E-state index contributed by atoms with van der Waals surface area (Å²) in [6.07, 6.45) is 2.05. The highest BCUT2D eigenvalue weighted by Crippen LogP contribution is 2.46. The number of rotatable bonds is 6. The highest BCUT2D eigenvalue weighted by atomic mass is 16.5. The second-order valence-electron chi connectivity index (χ2n) is 7.51. The maximum absolute atomic E-state index is 6.09. The molecule has 0 unspecified atom stereocenters. The Morgan fingerprint density at radius 2 is 2.00 bits per heavy atom. The van der Waals surface area contributed by atoms with Crippen LogP contribution in [0.2, 0.25) is 0 Å². The molecular formula is C19H27N3O. The molecule has 1 aliphatic carbocycles. The van der Waals surface area contributed by atoms with E-state index in [1.807, 2.05) is 6.07 Å². The molecule has 2 N–H and O–H groups in total. The molecule has 0 aliphatic heterocycles. The van der Waals surface area contributed by atoms with Gasteiger partial charge in [0.2, 0.25) is 0 Å². The third-order valence-corrected chi connectivity index (χ3v) is 5.33. The van der Waals surface area contributed by atoms with Gasteiger partial charge in [0.15, 0.2) is 5.76 Å². The zero-order chi connectivity index (χ0) is 16.4. The molecule has 0 bridgehead atoms. The minimum Gasteiger partial charge on any atom is -0.360 e. The van der Waals surface area contributed by atoms with E-state index in [1.165, 1.54) is 5.56 Å². The predicted octanol–water partition coefficient (Wildman–Crippen LogP) is 3.22. The van der Waals surface area contributed by atoms with Crippen molar-refractivity contribution in [3.05, 3.63) is 53.4 Å². The predicted molar refractivity (Wildman–Crippen MR) is 91.7 cm³/mol. The highest BCUT2D eigenvalue weighted by Gasteiger charge is 2.45. The monoisotopic (exact) mass is 313 g/mol. The van der Waals surface area contributed by atoms with E-state index >= 15 is 0 Å². The molecule has 4 nitrogen and oxygen atoms in total. The maximum atomic E-state index is 6.09. The van der Waals surface area contributed by atoms with E-state index in [1.54, 1.807) is 0 Å². The van der Waals surface area contributed by atoms with E-state index in [-0.39, 0.29) is 5.41 Å². The lowest BCUT2D eigenvalue weighted by Crippen LogP contribution is -2.55. The molecule has 0 amide bonds. The third kappa shape index (κ3) is 3.65. The molecule has 1 fully saturated rings.